The van der Waals surface area contributed by atoms with Crippen LogP contribution in [0.25, 0.3) is 0 Å². The SMILES string of the molecule is CCOCCN=C(NC(=O)C1CCC(Cl)CC1)NC1NNC2CC(F)CCC21. The Bertz CT molecular complexity index is 544. The number of hydrogen-bond donors (Lipinski definition) is 4. The molecule has 3 fully saturated rings. The van der Waals surface area contributed by atoms with Crippen molar-refractivity contribution in [1.82, 2.24) is 21.5 Å². The lowest BCUT2D eigenvalue weighted by atomic mass is 9.83. The van der Waals surface area contributed by atoms with Crippen LogP contribution in [-0.2, 0) is 9.53 Å². The van der Waals surface area contributed by atoms with E-state index in [-0.39, 0.29) is 35.3 Å². The molecule has 0 bridgehead atoms. The van der Waals surface area contributed by atoms with Crippen molar-refractivity contribution >= 4 is 23.5 Å². The first kappa shape index (κ1) is 21.7. The van der Waals surface area contributed by atoms with Crippen LogP contribution in [0.15, 0.2) is 4.99 Å². The first-order valence-electron chi connectivity index (χ1n) is 10.6. The number of halogens is 2. The zero-order chi connectivity index (χ0) is 19.9. The van der Waals surface area contributed by atoms with Gasteiger partial charge in [0.1, 0.15) is 6.17 Å². The van der Waals surface area contributed by atoms with E-state index in [9.17, 15) is 9.18 Å². The van der Waals surface area contributed by atoms with Crippen LogP contribution in [0.4, 0.5) is 4.39 Å². The predicted octanol–water partition coefficient (Wildman–Crippen LogP) is 1.82. The van der Waals surface area contributed by atoms with E-state index in [1.165, 1.54) is 0 Å². The molecule has 3 rings (SSSR count). The van der Waals surface area contributed by atoms with Crippen molar-refractivity contribution in [3.05, 3.63) is 0 Å². The second-order valence-electron chi connectivity index (χ2n) is 7.96. The van der Waals surface area contributed by atoms with Gasteiger partial charge in [-0.05, 0) is 51.9 Å². The smallest absolute Gasteiger partial charge is 0.229 e. The third-order valence-electron chi connectivity index (χ3n) is 5.96. The van der Waals surface area contributed by atoms with Crippen LogP contribution in [-0.4, -0.2) is 55.4 Å². The average Bonchev–Trinajstić information content (AvgIpc) is 3.07. The molecule has 7 nitrogen and oxygen atoms in total. The van der Waals surface area contributed by atoms with Crippen molar-refractivity contribution in [3.63, 3.8) is 0 Å². The summed E-state index contributed by atoms with van der Waals surface area (Å²) in [5.41, 5.74) is 6.38. The number of alkyl halides is 2. The lowest BCUT2D eigenvalue weighted by molar-refractivity contribution is -0.124. The number of nitrogens with one attached hydrogen (secondary N) is 4. The molecule has 1 heterocycles. The Balaban J connectivity index is 1.58. The maximum atomic E-state index is 13.7. The lowest BCUT2D eigenvalue weighted by Crippen LogP contribution is -2.54. The third kappa shape index (κ3) is 6.02. The molecule has 0 aromatic rings. The van der Waals surface area contributed by atoms with Gasteiger partial charge in [-0.1, -0.05) is 0 Å². The van der Waals surface area contributed by atoms with Crippen LogP contribution < -0.4 is 21.5 Å². The lowest BCUT2D eigenvalue weighted by Gasteiger charge is -2.30. The minimum Gasteiger partial charge on any atom is -0.380 e. The number of carbonyl (C=O) groups excluding carboxylic acids is 1. The van der Waals surface area contributed by atoms with Gasteiger partial charge in [-0.2, -0.15) is 0 Å². The predicted molar refractivity (Wildman–Crippen MR) is 108 cm³/mol. The highest BCUT2D eigenvalue weighted by molar-refractivity contribution is 6.20. The highest BCUT2D eigenvalue weighted by Gasteiger charge is 2.41. The molecular weight excluding hydrogens is 385 g/mol. The molecule has 1 saturated heterocycles. The quantitative estimate of drug-likeness (QED) is 0.229. The summed E-state index contributed by atoms with van der Waals surface area (Å²) in [6, 6.07) is 0.0978. The zero-order valence-electron chi connectivity index (χ0n) is 16.6. The van der Waals surface area contributed by atoms with Crippen molar-refractivity contribution in [3.8, 4) is 0 Å². The molecule has 2 saturated carbocycles. The largest absolute Gasteiger partial charge is 0.380 e. The van der Waals surface area contributed by atoms with E-state index in [1.807, 2.05) is 6.92 Å². The monoisotopic (exact) mass is 417 g/mol. The molecular formula is C19H33ClFN5O2. The Morgan fingerprint density at radius 3 is 2.75 bits per heavy atom. The molecule has 1 aliphatic heterocycles. The maximum Gasteiger partial charge on any atom is 0.229 e. The molecule has 4 N–H and O–H groups in total. The van der Waals surface area contributed by atoms with Crippen LogP contribution in [0.5, 0.6) is 0 Å². The topological polar surface area (TPSA) is 86.8 Å². The van der Waals surface area contributed by atoms with Crippen molar-refractivity contribution in [2.24, 2.45) is 16.8 Å². The number of aliphatic imine (C=N–C) groups is 1. The van der Waals surface area contributed by atoms with Crippen molar-refractivity contribution in [1.29, 1.82) is 0 Å². The molecule has 0 aromatic heterocycles. The van der Waals surface area contributed by atoms with Gasteiger partial charge in [-0.3, -0.25) is 20.5 Å². The van der Waals surface area contributed by atoms with Gasteiger partial charge in [-0.25, -0.2) is 9.82 Å². The number of hydrazine groups is 1. The number of rotatable bonds is 6. The summed E-state index contributed by atoms with van der Waals surface area (Å²) in [4.78, 5) is 17.2. The summed E-state index contributed by atoms with van der Waals surface area (Å²) >= 11 is 6.16. The summed E-state index contributed by atoms with van der Waals surface area (Å²) in [5, 5.41) is 6.47. The van der Waals surface area contributed by atoms with Crippen LogP contribution in [0.3, 0.4) is 0 Å². The van der Waals surface area contributed by atoms with E-state index in [0.717, 1.165) is 32.1 Å². The van der Waals surface area contributed by atoms with E-state index >= 15 is 0 Å². The molecule has 1 amide bonds. The fraction of sp³-hybridized carbons (Fsp3) is 0.895. The molecule has 0 aromatic carbocycles. The van der Waals surface area contributed by atoms with Gasteiger partial charge in [0.05, 0.1) is 19.3 Å². The summed E-state index contributed by atoms with van der Waals surface area (Å²) in [7, 11) is 0. The Morgan fingerprint density at radius 2 is 2.00 bits per heavy atom. The number of nitrogens with zero attached hydrogens (tertiary/aromatic N) is 1. The molecule has 0 spiro atoms. The molecule has 9 heteroatoms. The first-order valence-corrected chi connectivity index (χ1v) is 11.0. The van der Waals surface area contributed by atoms with E-state index in [4.69, 9.17) is 16.3 Å². The second kappa shape index (κ2) is 10.7. The van der Waals surface area contributed by atoms with Crippen LogP contribution >= 0.6 is 11.6 Å². The van der Waals surface area contributed by atoms with Gasteiger partial charge in [0, 0.05) is 29.9 Å². The van der Waals surface area contributed by atoms with Crippen LogP contribution in [0.2, 0.25) is 0 Å². The summed E-state index contributed by atoms with van der Waals surface area (Å²) in [6.45, 7) is 3.54. The maximum absolute atomic E-state index is 13.7. The Hall–Kier alpha value is -0.960. The van der Waals surface area contributed by atoms with Crippen LogP contribution in [0, 0.1) is 11.8 Å². The fourth-order valence-corrected chi connectivity index (χ4v) is 4.58. The van der Waals surface area contributed by atoms with Gasteiger partial charge >= 0.3 is 0 Å². The molecule has 3 aliphatic rings. The molecule has 2 aliphatic carbocycles. The molecule has 160 valence electrons. The number of fused-ring (bicyclic) bond motifs is 1. The van der Waals surface area contributed by atoms with Gasteiger partial charge in [0.15, 0.2) is 5.96 Å². The minimum absolute atomic E-state index is 0.0128. The standard InChI is InChI=1S/C19H33ClFN5O2/c1-2-28-10-9-22-19(24-18(27)12-3-5-13(20)6-4-12)23-17-15-8-7-14(21)11-16(15)25-26-17/h12-17,25-26H,2-11H2,1H3,(H2,22,23,24,27). The normalized spacial score (nSPS) is 36.0. The van der Waals surface area contributed by atoms with Gasteiger partial charge in [0.25, 0.3) is 0 Å². The van der Waals surface area contributed by atoms with Crippen molar-refractivity contribution in [2.45, 2.75) is 75.6 Å². The Labute approximate surface area is 171 Å². The average molecular weight is 418 g/mol. The molecule has 28 heavy (non-hydrogen) atoms. The van der Waals surface area contributed by atoms with Crippen LogP contribution in [0.1, 0.15) is 51.9 Å². The molecule has 4 atom stereocenters. The van der Waals surface area contributed by atoms with E-state index < -0.39 is 6.17 Å². The highest BCUT2D eigenvalue weighted by Crippen LogP contribution is 2.31. The summed E-state index contributed by atoms with van der Waals surface area (Å²) in [5.74, 6) is 0.673. The van der Waals surface area contributed by atoms with Gasteiger partial charge in [0.2, 0.25) is 5.91 Å². The number of carbonyl (C=O) groups is 1. The summed E-state index contributed by atoms with van der Waals surface area (Å²) in [6.07, 6.45) is 4.39. The van der Waals surface area contributed by atoms with E-state index in [2.05, 4.69) is 26.5 Å². The van der Waals surface area contributed by atoms with E-state index in [0.29, 0.717) is 38.6 Å². The van der Waals surface area contributed by atoms with Gasteiger partial charge in [-0.15, -0.1) is 11.6 Å². The van der Waals surface area contributed by atoms with Crippen molar-refractivity contribution < 1.29 is 13.9 Å². The number of hydrogen-bond acceptors (Lipinski definition) is 5. The third-order valence-corrected chi connectivity index (χ3v) is 6.40. The Morgan fingerprint density at radius 1 is 1.21 bits per heavy atom. The van der Waals surface area contributed by atoms with E-state index in [1.54, 1.807) is 0 Å². The number of guanidine groups is 1. The highest BCUT2D eigenvalue weighted by atomic mass is 35.5. The zero-order valence-corrected chi connectivity index (χ0v) is 17.3. The molecule has 0 radical (unpaired) electrons. The summed E-state index contributed by atoms with van der Waals surface area (Å²) < 4.78 is 19.0. The number of ether oxygens (including phenoxy) is 1. The minimum atomic E-state index is -0.745. The van der Waals surface area contributed by atoms with Gasteiger partial charge < -0.3 is 10.1 Å². The second-order valence-corrected chi connectivity index (χ2v) is 8.57. The van der Waals surface area contributed by atoms with Crippen molar-refractivity contribution in [2.75, 3.05) is 19.8 Å². The Kier molecular flexibility index (Phi) is 8.32. The first-order chi connectivity index (χ1) is 13.6. The fourth-order valence-electron chi connectivity index (χ4n) is 4.32. The molecule has 4 unspecified atom stereocenters. The number of amides is 1.